The minimum Gasteiger partial charge on any atom is -0.338 e. The average Bonchev–Trinajstić information content (AvgIpc) is 2.42. The van der Waals surface area contributed by atoms with Gasteiger partial charge in [0.2, 0.25) is 5.95 Å². The van der Waals surface area contributed by atoms with Crippen LogP contribution in [0, 0.1) is 11.3 Å². The largest absolute Gasteiger partial charge is 0.338 e. The van der Waals surface area contributed by atoms with Crippen LogP contribution < -0.4 is 4.90 Å². The topological polar surface area (TPSA) is 56.1 Å². The van der Waals surface area contributed by atoms with Gasteiger partial charge >= 0.3 is 0 Å². The van der Waals surface area contributed by atoms with Crippen molar-refractivity contribution >= 4 is 5.95 Å². The molecule has 0 bridgehead atoms. The number of piperazine rings is 1. The summed E-state index contributed by atoms with van der Waals surface area (Å²) in [6.07, 6.45) is 5.18. The van der Waals surface area contributed by atoms with Crippen molar-refractivity contribution in [3.8, 4) is 6.07 Å². The lowest BCUT2D eigenvalue weighted by molar-refractivity contribution is 0.247. The van der Waals surface area contributed by atoms with Crippen LogP contribution in [0.15, 0.2) is 31.1 Å². The van der Waals surface area contributed by atoms with Gasteiger partial charge in [-0.3, -0.25) is 4.90 Å². The summed E-state index contributed by atoms with van der Waals surface area (Å²) in [6, 6.07) is 3.86. The monoisotopic (exact) mass is 229 g/mol. The third-order valence-electron chi connectivity index (χ3n) is 2.90. The van der Waals surface area contributed by atoms with Crippen LogP contribution in [0.5, 0.6) is 0 Å². The van der Waals surface area contributed by atoms with Crippen molar-refractivity contribution < 1.29 is 0 Å². The van der Waals surface area contributed by atoms with Crippen LogP contribution in [-0.4, -0.2) is 47.1 Å². The van der Waals surface area contributed by atoms with E-state index in [1.165, 1.54) is 0 Å². The first-order valence-corrected chi connectivity index (χ1v) is 5.63. The van der Waals surface area contributed by atoms with Gasteiger partial charge in [-0.15, -0.1) is 6.58 Å². The van der Waals surface area contributed by atoms with Crippen LogP contribution in [0.4, 0.5) is 5.95 Å². The molecule has 2 heterocycles. The average molecular weight is 229 g/mol. The first-order valence-electron chi connectivity index (χ1n) is 5.63. The molecule has 88 valence electrons. The Hall–Kier alpha value is -1.93. The highest BCUT2D eigenvalue weighted by Gasteiger charge is 2.22. The minimum atomic E-state index is -0.186. The Bertz CT molecular complexity index is 403. The van der Waals surface area contributed by atoms with Crippen molar-refractivity contribution in [2.75, 3.05) is 31.1 Å². The van der Waals surface area contributed by atoms with Crippen LogP contribution >= 0.6 is 0 Å². The first kappa shape index (κ1) is 11.6. The summed E-state index contributed by atoms with van der Waals surface area (Å²) >= 11 is 0. The van der Waals surface area contributed by atoms with E-state index in [4.69, 9.17) is 5.26 Å². The summed E-state index contributed by atoms with van der Waals surface area (Å²) in [5, 5.41) is 8.96. The van der Waals surface area contributed by atoms with Gasteiger partial charge in [0.15, 0.2) is 0 Å². The normalized spacial score (nSPS) is 18.4. The summed E-state index contributed by atoms with van der Waals surface area (Å²) in [6.45, 7) is 7.04. The van der Waals surface area contributed by atoms with Gasteiger partial charge in [-0.2, -0.15) is 5.26 Å². The fourth-order valence-electron chi connectivity index (χ4n) is 1.94. The lowest BCUT2D eigenvalue weighted by atomic mass is 10.2. The summed E-state index contributed by atoms with van der Waals surface area (Å²) in [5.74, 6) is 0.763. The molecule has 0 N–H and O–H groups in total. The number of hydrogen-bond acceptors (Lipinski definition) is 5. The van der Waals surface area contributed by atoms with Crippen molar-refractivity contribution in [3.63, 3.8) is 0 Å². The van der Waals surface area contributed by atoms with Gasteiger partial charge in [0.05, 0.1) is 6.07 Å². The second-order valence-corrected chi connectivity index (χ2v) is 3.88. The Morgan fingerprint density at radius 1 is 1.29 bits per heavy atom. The highest BCUT2D eigenvalue weighted by Crippen LogP contribution is 2.11. The Labute approximate surface area is 101 Å². The number of rotatable bonds is 3. The van der Waals surface area contributed by atoms with Crippen molar-refractivity contribution in [2.24, 2.45) is 0 Å². The molecule has 1 aromatic rings. The van der Waals surface area contributed by atoms with Crippen molar-refractivity contribution in [3.05, 3.63) is 31.1 Å². The van der Waals surface area contributed by atoms with Crippen molar-refractivity contribution in [2.45, 2.75) is 6.04 Å². The molecular weight excluding hydrogens is 214 g/mol. The number of anilines is 1. The molecule has 0 saturated carbocycles. The highest BCUT2D eigenvalue weighted by molar-refractivity contribution is 5.29. The molecule has 0 amide bonds. The second kappa shape index (κ2) is 5.41. The molecule has 0 aliphatic carbocycles. The number of aromatic nitrogens is 2. The van der Waals surface area contributed by atoms with Crippen molar-refractivity contribution in [1.29, 1.82) is 5.26 Å². The van der Waals surface area contributed by atoms with Gasteiger partial charge in [0, 0.05) is 38.6 Å². The summed E-state index contributed by atoms with van der Waals surface area (Å²) in [4.78, 5) is 12.7. The number of hydrogen-bond donors (Lipinski definition) is 0. The van der Waals surface area contributed by atoms with Crippen LogP contribution in [0.2, 0.25) is 0 Å². The van der Waals surface area contributed by atoms with Crippen LogP contribution in [0.25, 0.3) is 0 Å². The van der Waals surface area contributed by atoms with E-state index < -0.39 is 0 Å². The van der Waals surface area contributed by atoms with Crippen LogP contribution in [0.1, 0.15) is 0 Å². The summed E-state index contributed by atoms with van der Waals surface area (Å²) in [7, 11) is 0. The Morgan fingerprint density at radius 2 is 1.94 bits per heavy atom. The van der Waals surface area contributed by atoms with Crippen LogP contribution in [0.3, 0.4) is 0 Å². The zero-order valence-corrected chi connectivity index (χ0v) is 9.66. The van der Waals surface area contributed by atoms with E-state index in [2.05, 4.69) is 32.4 Å². The molecule has 5 nitrogen and oxygen atoms in total. The Kier molecular flexibility index (Phi) is 3.68. The van der Waals surface area contributed by atoms with E-state index in [0.717, 1.165) is 32.1 Å². The molecule has 0 aromatic carbocycles. The fourth-order valence-corrected chi connectivity index (χ4v) is 1.94. The van der Waals surface area contributed by atoms with E-state index in [1.54, 1.807) is 18.5 Å². The highest BCUT2D eigenvalue weighted by atomic mass is 15.3. The number of nitrogens with zero attached hydrogens (tertiary/aromatic N) is 5. The molecule has 1 aliphatic heterocycles. The predicted octanol–water partition coefficient (Wildman–Crippen LogP) is 0.677. The van der Waals surface area contributed by atoms with E-state index in [0.29, 0.717) is 0 Å². The third-order valence-corrected chi connectivity index (χ3v) is 2.90. The molecule has 2 rings (SSSR count). The zero-order chi connectivity index (χ0) is 12.1. The predicted molar refractivity (Wildman–Crippen MR) is 65.4 cm³/mol. The molecule has 1 aromatic heterocycles. The second-order valence-electron chi connectivity index (χ2n) is 3.88. The van der Waals surface area contributed by atoms with Crippen LogP contribution in [-0.2, 0) is 0 Å². The molecule has 1 unspecified atom stereocenters. The smallest absolute Gasteiger partial charge is 0.225 e. The van der Waals surface area contributed by atoms with Gasteiger partial charge < -0.3 is 4.90 Å². The molecule has 1 aliphatic rings. The van der Waals surface area contributed by atoms with Gasteiger partial charge in [-0.1, -0.05) is 6.08 Å². The third kappa shape index (κ3) is 2.60. The van der Waals surface area contributed by atoms with Crippen molar-refractivity contribution in [1.82, 2.24) is 14.9 Å². The van der Waals surface area contributed by atoms with Gasteiger partial charge in [0.1, 0.15) is 6.04 Å². The molecular formula is C12H15N5. The molecule has 5 heteroatoms. The SMILES string of the molecule is C=CC(C#N)N1CCN(c2ncccn2)CC1. The lowest BCUT2D eigenvalue weighted by Gasteiger charge is -2.35. The zero-order valence-electron chi connectivity index (χ0n) is 9.66. The maximum Gasteiger partial charge on any atom is 0.225 e. The van der Waals surface area contributed by atoms with E-state index in [9.17, 15) is 0 Å². The standard InChI is InChI=1S/C12H15N5/c1-2-11(10-13)16-6-8-17(9-7-16)12-14-4-3-5-15-12/h2-5,11H,1,6-9H2. The molecule has 1 atom stereocenters. The quantitative estimate of drug-likeness (QED) is 0.713. The first-order chi connectivity index (χ1) is 8.35. The van der Waals surface area contributed by atoms with Gasteiger partial charge in [-0.05, 0) is 6.07 Å². The summed E-state index contributed by atoms with van der Waals surface area (Å²) in [5.41, 5.74) is 0. The molecule has 1 fully saturated rings. The maximum absolute atomic E-state index is 8.96. The van der Waals surface area contributed by atoms with E-state index >= 15 is 0 Å². The molecule has 1 saturated heterocycles. The minimum absolute atomic E-state index is 0.186. The Morgan fingerprint density at radius 3 is 2.47 bits per heavy atom. The fraction of sp³-hybridized carbons (Fsp3) is 0.417. The lowest BCUT2D eigenvalue weighted by Crippen LogP contribution is -2.50. The molecule has 0 spiro atoms. The Balaban J connectivity index is 1.95. The number of nitriles is 1. The molecule has 17 heavy (non-hydrogen) atoms. The van der Waals surface area contributed by atoms with E-state index in [-0.39, 0.29) is 6.04 Å². The molecule has 0 radical (unpaired) electrons. The van der Waals surface area contributed by atoms with Gasteiger partial charge in [0.25, 0.3) is 0 Å². The van der Waals surface area contributed by atoms with E-state index in [1.807, 2.05) is 6.07 Å². The van der Waals surface area contributed by atoms with Gasteiger partial charge in [-0.25, -0.2) is 9.97 Å². The summed E-state index contributed by atoms with van der Waals surface area (Å²) < 4.78 is 0. The maximum atomic E-state index is 8.96.